The Kier molecular flexibility index (Phi) is 4.64. The van der Waals surface area contributed by atoms with Crippen molar-refractivity contribution in [1.29, 1.82) is 0 Å². The normalized spacial score (nSPS) is 23.2. The lowest BCUT2D eigenvalue weighted by atomic mass is 9.80. The Balaban J connectivity index is 2.11. The third kappa shape index (κ3) is 4.05. The number of ether oxygens (including phenoxy) is 1. The van der Waals surface area contributed by atoms with Gasteiger partial charge < -0.3 is 10.1 Å². The van der Waals surface area contributed by atoms with Crippen LogP contribution in [0.1, 0.15) is 37.0 Å². The zero-order valence-electron chi connectivity index (χ0n) is 12.8. The lowest BCUT2D eigenvalue weighted by Gasteiger charge is -2.29. The summed E-state index contributed by atoms with van der Waals surface area (Å²) in [5.41, 5.74) is 4.46. The average Bonchev–Trinajstić information content (AvgIpc) is 2.74. The molecule has 1 aromatic rings. The van der Waals surface area contributed by atoms with Crippen molar-refractivity contribution in [3.05, 3.63) is 34.9 Å². The molecule has 1 fully saturated rings. The Labute approximate surface area is 117 Å². The summed E-state index contributed by atoms with van der Waals surface area (Å²) in [6.45, 7) is 11.6. The van der Waals surface area contributed by atoms with Crippen LogP contribution in [-0.4, -0.2) is 25.8 Å². The van der Waals surface area contributed by atoms with Crippen LogP contribution in [0.5, 0.6) is 0 Å². The molecule has 1 saturated heterocycles. The van der Waals surface area contributed by atoms with E-state index < -0.39 is 0 Å². The molecule has 2 nitrogen and oxygen atoms in total. The largest absolute Gasteiger partial charge is 0.381 e. The molecule has 0 aliphatic carbocycles. The van der Waals surface area contributed by atoms with Crippen LogP contribution in [0.25, 0.3) is 0 Å². The standard InChI is InChI=1S/C17H27NO/c1-13(2)18-11-17(5-6-19-12-17)10-16-8-14(3)7-15(4)9-16/h7-9,13,18H,5-6,10-12H2,1-4H3. The Hall–Kier alpha value is -0.860. The van der Waals surface area contributed by atoms with Crippen LogP contribution < -0.4 is 5.32 Å². The van der Waals surface area contributed by atoms with Gasteiger partial charge in [0.25, 0.3) is 0 Å². The van der Waals surface area contributed by atoms with Gasteiger partial charge in [-0.2, -0.15) is 0 Å². The highest BCUT2D eigenvalue weighted by Gasteiger charge is 2.35. The second-order valence-electron chi connectivity index (χ2n) is 6.51. The van der Waals surface area contributed by atoms with Crippen molar-refractivity contribution in [3.8, 4) is 0 Å². The van der Waals surface area contributed by atoms with Crippen molar-refractivity contribution in [1.82, 2.24) is 5.32 Å². The highest BCUT2D eigenvalue weighted by atomic mass is 16.5. The van der Waals surface area contributed by atoms with E-state index in [1.807, 2.05) is 0 Å². The Morgan fingerprint density at radius 3 is 2.42 bits per heavy atom. The quantitative estimate of drug-likeness (QED) is 0.878. The fraction of sp³-hybridized carbons (Fsp3) is 0.647. The molecule has 2 heteroatoms. The summed E-state index contributed by atoms with van der Waals surface area (Å²) in [5.74, 6) is 0. The summed E-state index contributed by atoms with van der Waals surface area (Å²) >= 11 is 0. The molecule has 0 bridgehead atoms. The van der Waals surface area contributed by atoms with Gasteiger partial charge in [0, 0.05) is 24.6 Å². The lowest BCUT2D eigenvalue weighted by Crippen LogP contribution is -2.39. The highest BCUT2D eigenvalue weighted by molar-refractivity contribution is 5.29. The van der Waals surface area contributed by atoms with Crippen LogP contribution in [0.3, 0.4) is 0 Å². The number of nitrogens with one attached hydrogen (secondary N) is 1. The fourth-order valence-electron chi connectivity index (χ4n) is 3.02. The molecular formula is C17H27NO. The first kappa shape index (κ1) is 14.5. The summed E-state index contributed by atoms with van der Waals surface area (Å²) in [7, 11) is 0. The number of benzene rings is 1. The van der Waals surface area contributed by atoms with E-state index in [-0.39, 0.29) is 5.41 Å². The van der Waals surface area contributed by atoms with E-state index >= 15 is 0 Å². The predicted octanol–water partition coefficient (Wildman–Crippen LogP) is 3.25. The van der Waals surface area contributed by atoms with E-state index in [9.17, 15) is 0 Å². The van der Waals surface area contributed by atoms with Crippen LogP contribution >= 0.6 is 0 Å². The third-order valence-corrected chi connectivity index (χ3v) is 3.93. The molecule has 1 aromatic carbocycles. The minimum Gasteiger partial charge on any atom is -0.381 e. The summed E-state index contributed by atoms with van der Waals surface area (Å²) in [5, 5.41) is 3.60. The molecule has 0 aromatic heterocycles. The van der Waals surface area contributed by atoms with E-state index in [1.165, 1.54) is 23.1 Å². The molecule has 0 amide bonds. The molecular weight excluding hydrogens is 234 g/mol. The molecule has 106 valence electrons. The number of rotatable bonds is 5. The smallest absolute Gasteiger partial charge is 0.0538 e. The minimum absolute atomic E-state index is 0.282. The first-order valence-corrected chi connectivity index (χ1v) is 7.37. The van der Waals surface area contributed by atoms with Crippen LogP contribution in [0, 0.1) is 19.3 Å². The van der Waals surface area contributed by atoms with Crippen molar-refractivity contribution < 1.29 is 4.74 Å². The number of hydrogen-bond acceptors (Lipinski definition) is 2. The first-order chi connectivity index (χ1) is 8.99. The molecule has 2 rings (SSSR count). The summed E-state index contributed by atoms with van der Waals surface area (Å²) < 4.78 is 5.69. The summed E-state index contributed by atoms with van der Waals surface area (Å²) in [4.78, 5) is 0. The summed E-state index contributed by atoms with van der Waals surface area (Å²) in [6, 6.07) is 7.43. The number of hydrogen-bond donors (Lipinski definition) is 1. The van der Waals surface area contributed by atoms with Gasteiger partial charge in [0.05, 0.1) is 6.61 Å². The van der Waals surface area contributed by atoms with E-state index in [4.69, 9.17) is 4.74 Å². The van der Waals surface area contributed by atoms with Crippen LogP contribution in [0.15, 0.2) is 18.2 Å². The van der Waals surface area contributed by atoms with Gasteiger partial charge in [-0.05, 0) is 32.3 Å². The maximum absolute atomic E-state index is 5.69. The van der Waals surface area contributed by atoms with E-state index in [2.05, 4.69) is 51.2 Å². The van der Waals surface area contributed by atoms with Gasteiger partial charge >= 0.3 is 0 Å². The third-order valence-electron chi connectivity index (χ3n) is 3.93. The summed E-state index contributed by atoms with van der Waals surface area (Å²) in [6.07, 6.45) is 2.29. The molecule has 0 radical (unpaired) electrons. The molecule has 1 atom stereocenters. The van der Waals surface area contributed by atoms with Gasteiger partial charge in [-0.3, -0.25) is 0 Å². The lowest BCUT2D eigenvalue weighted by molar-refractivity contribution is 0.148. The zero-order chi connectivity index (χ0) is 13.9. The van der Waals surface area contributed by atoms with Crippen molar-refractivity contribution in [3.63, 3.8) is 0 Å². The van der Waals surface area contributed by atoms with Gasteiger partial charge in [0.15, 0.2) is 0 Å². The predicted molar refractivity (Wildman–Crippen MR) is 80.6 cm³/mol. The van der Waals surface area contributed by atoms with Crippen molar-refractivity contribution in [2.75, 3.05) is 19.8 Å². The molecule has 0 saturated carbocycles. The Morgan fingerprint density at radius 2 is 1.89 bits per heavy atom. The maximum Gasteiger partial charge on any atom is 0.0538 e. The molecule has 1 aliphatic rings. The Morgan fingerprint density at radius 1 is 1.21 bits per heavy atom. The minimum atomic E-state index is 0.282. The Bertz CT molecular complexity index is 399. The zero-order valence-corrected chi connectivity index (χ0v) is 12.8. The second-order valence-corrected chi connectivity index (χ2v) is 6.51. The van der Waals surface area contributed by atoms with E-state index in [0.29, 0.717) is 6.04 Å². The maximum atomic E-state index is 5.69. The molecule has 1 heterocycles. The van der Waals surface area contributed by atoms with Crippen molar-refractivity contribution in [2.24, 2.45) is 5.41 Å². The molecule has 1 unspecified atom stereocenters. The van der Waals surface area contributed by atoms with Gasteiger partial charge in [0.2, 0.25) is 0 Å². The van der Waals surface area contributed by atoms with Crippen LogP contribution in [0.4, 0.5) is 0 Å². The molecule has 19 heavy (non-hydrogen) atoms. The van der Waals surface area contributed by atoms with Gasteiger partial charge in [-0.15, -0.1) is 0 Å². The highest BCUT2D eigenvalue weighted by Crippen LogP contribution is 2.32. The van der Waals surface area contributed by atoms with E-state index in [0.717, 1.165) is 26.2 Å². The molecule has 1 aliphatic heterocycles. The van der Waals surface area contributed by atoms with Crippen molar-refractivity contribution >= 4 is 0 Å². The first-order valence-electron chi connectivity index (χ1n) is 7.37. The monoisotopic (exact) mass is 261 g/mol. The SMILES string of the molecule is Cc1cc(C)cc(CC2(CNC(C)C)CCOC2)c1. The van der Waals surface area contributed by atoms with Crippen LogP contribution in [-0.2, 0) is 11.2 Å². The topological polar surface area (TPSA) is 21.3 Å². The van der Waals surface area contributed by atoms with Crippen LogP contribution in [0.2, 0.25) is 0 Å². The number of aryl methyl sites for hydroxylation is 2. The average molecular weight is 261 g/mol. The molecule has 1 N–H and O–H groups in total. The molecule has 0 spiro atoms. The van der Waals surface area contributed by atoms with E-state index in [1.54, 1.807) is 0 Å². The fourth-order valence-corrected chi connectivity index (χ4v) is 3.02. The van der Waals surface area contributed by atoms with Gasteiger partial charge in [-0.25, -0.2) is 0 Å². The van der Waals surface area contributed by atoms with Crippen molar-refractivity contribution in [2.45, 2.75) is 46.6 Å². The van der Waals surface area contributed by atoms with Gasteiger partial charge in [0.1, 0.15) is 0 Å². The second kappa shape index (κ2) is 6.06. The van der Waals surface area contributed by atoms with Gasteiger partial charge in [-0.1, -0.05) is 43.2 Å².